The number of nitrogens with zero attached hydrogens (tertiary/aromatic N) is 2. The highest BCUT2D eigenvalue weighted by atomic mass is 32.2. The summed E-state index contributed by atoms with van der Waals surface area (Å²) >= 11 is 0. The first-order chi connectivity index (χ1) is 19.1. The quantitative estimate of drug-likeness (QED) is 0.328. The lowest BCUT2D eigenvalue weighted by atomic mass is 10.0. The van der Waals surface area contributed by atoms with Crippen molar-refractivity contribution in [1.29, 1.82) is 0 Å². The third kappa shape index (κ3) is 7.97. The lowest BCUT2D eigenvalue weighted by Gasteiger charge is -2.35. The van der Waals surface area contributed by atoms with Gasteiger partial charge >= 0.3 is 0 Å². The molecule has 0 unspecified atom stereocenters. The van der Waals surface area contributed by atoms with E-state index in [4.69, 9.17) is 0 Å². The molecule has 0 aliphatic heterocycles. The van der Waals surface area contributed by atoms with Gasteiger partial charge in [0.15, 0.2) is 0 Å². The van der Waals surface area contributed by atoms with Crippen molar-refractivity contribution >= 4 is 27.5 Å². The molecule has 3 aromatic carbocycles. The van der Waals surface area contributed by atoms with Gasteiger partial charge in [-0.3, -0.25) is 13.9 Å². The maximum Gasteiger partial charge on any atom is 0.264 e. The third-order valence-electron chi connectivity index (χ3n) is 7.01. The number of carbonyl (C=O) groups is 2. The number of sulfonamides is 1. The summed E-state index contributed by atoms with van der Waals surface area (Å²) in [4.78, 5) is 29.4. The second-order valence-corrected chi connectivity index (χ2v) is 13.6. The molecule has 0 aromatic heterocycles. The number of benzene rings is 3. The van der Waals surface area contributed by atoms with E-state index in [1.54, 1.807) is 30.3 Å². The average molecular weight is 578 g/mol. The summed E-state index contributed by atoms with van der Waals surface area (Å²) in [6.45, 7) is 14.8. The zero-order valence-corrected chi connectivity index (χ0v) is 26.3. The Hall–Kier alpha value is -3.65. The third-order valence-corrected chi connectivity index (χ3v) is 8.78. The highest BCUT2D eigenvalue weighted by Crippen LogP contribution is 2.29. The number of anilines is 1. The Labute approximate surface area is 245 Å². The largest absolute Gasteiger partial charge is 0.350 e. The molecule has 41 heavy (non-hydrogen) atoms. The summed E-state index contributed by atoms with van der Waals surface area (Å²) in [5.41, 5.74) is 4.33. The number of hydrogen-bond donors (Lipinski definition) is 1. The molecular formula is C33H43N3O4S. The number of nitrogens with one attached hydrogen (secondary N) is 1. The van der Waals surface area contributed by atoms with Gasteiger partial charge in [0, 0.05) is 12.1 Å². The summed E-state index contributed by atoms with van der Waals surface area (Å²) < 4.78 is 29.4. The Morgan fingerprint density at radius 3 is 2.05 bits per heavy atom. The van der Waals surface area contributed by atoms with Crippen molar-refractivity contribution in [3.05, 3.63) is 94.5 Å². The van der Waals surface area contributed by atoms with Gasteiger partial charge in [-0.25, -0.2) is 8.42 Å². The Morgan fingerprint density at radius 1 is 0.854 bits per heavy atom. The van der Waals surface area contributed by atoms with Crippen LogP contribution >= 0.6 is 0 Å². The Morgan fingerprint density at radius 2 is 1.46 bits per heavy atom. The molecule has 8 heteroatoms. The maximum atomic E-state index is 14.3. The fourth-order valence-corrected chi connectivity index (χ4v) is 6.15. The van der Waals surface area contributed by atoms with Gasteiger partial charge in [-0.05, 0) is 95.3 Å². The molecule has 3 aromatic rings. The first-order valence-corrected chi connectivity index (χ1v) is 15.4. The predicted octanol–water partition coefficient (Wildman–Crippen LogP) is 5.84. The van der Waals surface area contributed by atoms with Crippen LogP contribution in [0.15, 0.2) is 71.6 Å². The number of carbonyl (C=O) groups excluding carboxylic acids is 2. The number of amides is 2. The van der Waals surface area contributed by atoms with Gasteiger partial charge < -0.3 is 10.2 Å². The van der Waals surface area contributed by atoms with Crippen LogP contribution in [0.1, 0.15) is 61.9 Å². The van der Waals surface area contributed by atoms with Gasteiger partial charge in [-0.1, -0.05) is 61.0 Å². The van der Waals surface area contributed by atoms with E-state index in [2.05, 4.69) is 5.32 Å². The summed E-state index contributed by atoms with van der Waals surface area (Å²) in [5.74, 6) is -0.734. The van der Waals surface area contributed by atoms with Gasteiger partial charge in [0.05, 0.1) is 10.6 Å². The van der Waals surface area contributed by atoms with Crippen LogP contribution in [-0.2, 0) is 26.2 Å². The zero-order chi connectivity index (χ0) is 30.5. The van der Waals surface area contributed by atoms with Crippen LogP contribution < -0.4 is 9.62 Å². The van der Waals surface area contributed by atoms with Crippen LogP contribution in [0.3, 0.4) is 0 Å². The van der Waals surface area contributed by atoms with E-state index in [1.165, 1.54) is 9.21 Å². The van der Waals surface area contributed by atoms with Crippen molar-refractivity contribution in [2.24, 2.45) is 0 Å². The van der Waals surface area contributed by atoms with Gasteiger partial charge in [-0.15, -0.1) is 0 Å². The first kappa shape index (κ1) is 31.9. The molecule has 0 aliphatic rings. The first-order valence-electron chi connectivity index (χ1n) is 14.0. The number of aryl methyl sites for hydroxylation is 4. The highest BCUT2D eigenvalue weighted by molar-refractivity contribution is 7.92. The SMILES string of the molecule is CC[C@@H](C(=O)NC(C)(C)C)N(Cc1ccccc1C)C(=O)CN(c1cc(C)ccc1C)S(=O)(=O)c1ccc(C)cc1. The summed E-state index contributed by atoms with van der Waals surface area (Å²) in [6.07, 6.45) is 0.369. The number of rotatable bonds is 10. The van der Waals surface area contributed by atoms with Crippen LogP contribution in [0.4, 0.5) is 5.69 Å². The fraction of sp³-hybridized carbons (Fsp3) is 0.394. The van der Waals surface area contributed by atoms with E-state index >= 15 is 0 Å². The molecule has 3 rings (SSSR count). The molecule has 0 saturated heterocycles. The van der Waals surface area contributed by atoms with E-state index in [0.29, 0.717) is 12.1 Å². The lowest BCUT2D eigenvalue weighted by molar-refractivity contribution is -0.141. The smallest absolute Gasteiger partial charge is 0.264 e. The van der Waals surface area contributed by atoms with E-state index < -0.39 is 34.1 Å². The van der Waals surface area contributed by atoms with E-state index in [9.17, 15) is 18.0 Å². The minimum Gasteiger partial charge on any atom is -0.350 e. The van der Waals surface area contributed by atoms with Crippen LogP contribution in [-0.4, -0.2) is 43.3 Å². The topological polar surface area (TPSA) is 86.8 Å². The highest BCUT2D eigenvalue weighted by Gasteiger charge is 2.35. The normalized spacial score (nSPS) is 12.5. The molecule has 0 spiro atoms. The van der Waals surface area contributed by atoms with Crippen LogP contribution in [0, 0.1) is 27.7 Å². The monoisotopic (exact) mass is 577 g/mol. The van der Waals surface area contributed by atoms with Gasteiger partial charge in [0.1, 0.15) is 12.6 Å². The second-order valence-electron chi connectivity index (χ2n) is 11.7. The van der Waals surface area contributed by atoms with Crippen molar-refractivity contribution in [2.75, 3.05) is 10.8 Å². The van der Waals surface area contributed by atoms with Gasteiger partial charge in [-0.2, -0.15) is 0 Å². The van der Waals surface area contributed by atoms with Crippen molar-refractivity contribution in [3.8, 4) is 0 Å². The average Bonchev–Trinajstić information content (AvgIpc) is 2.88. The minimum atomic E-state index is -4.12. The Balaban J connectivity index is 2.13. The summed E-state index contributed by atoms with van der Waals surface area (Å²) in [6, 6.07) is 19.1. The molecule has 1 atom stereocenters. The zero-order valence-electron chi connectivity index (χ0n) is 25.5. The second kappa shape index (κ2) is 12.9. The fourth-order valence-electron chi connectivity index (χ4n) is 4.68. The van der Waals surface area contributed by atoms with Gasteiger partial charge in [0.25, 0.3) is 10.0 Å². The summed E-state index contributed by atoms with van der Waals surface area (Å²) in [5, 5.41) is 3.00. The molecule has 1 N–H and O–H groups in total. The lowest BCUT2D eigenvalue weighted by Crippen LogP contribution is -2.55. The standard InChI is InChI=1S/C33H43N3O4S/c1-9-29(32(38)34-33(6,7)8)35(21-27-13-11-10-12-25(27)4)31(37)22-36(30-20-24(3)14-17-26(30)5)41(39,40)28-18-15-23(2)16-19-28/h10-20,29H,9,21-22H2,1-8H3,(H,34,38)/t29-/m0/s1. The van der Waals surface area contributed by atoms with E-state index in [1.807, 2.05) is 91.8 Å². The van der Waals surface area contributed by atoms with Crippen LogP contribution in [0.25, 0.3) is 0 Å². The van der Waals surface area contributed by atoms with E-state index in [-0.39, 0.29) is 17.3 Å². The predicted molar refractivity (Wildman–Crippen MR) is 165 cm³/mol. The molecule has 0 saturated carbocycles. The molecule has 7 nitrogen and oxygen atoms in total. The van der Waals surface area contributed by atoms with E-state index in [0.717, 1.165) is 27.8 Å². The van der Waals surface area contributed by atoms with Crippen LogP contribution in [0.2, 0.25) is 0 Å². The molecule has 0 radical (unpaired) electrons. The van der Waals surface area contributed by atoms with Gasteiger partial charge in [0.2, 0.25) is 11.8 Å². The molecule has 0 bridgehead atoms. The van der Waals surface area contributed by atoms with Crippen molar-refractivity contribution < 1.29 is 18.0 Å². The molecule has 2 amide bonds. The van der Waals surface area contributed by atoms with Crippen LogP contribution in [0.5, 0.6) is 0 Å². The molecule has 0 aliphatic carbocycles. The summed E-state index contributed by atoms with van der Waals surface area (Å²) in [7, 11) is -4.12. The molecular weight excluding hydrogens is 534 g/mol. The molecule has 0 fully saturated rings. The van der Waals surface area contributed by atoms with Crippen molar-refractivity contribution in [1.82, 2.24) is 10.2 Å². The Bertz CT molecular complexity index is 1490. The van der Waals surface area contributed by atoms with Crippen molar-refractivity contribution in [2.45, 2.75) is 84.8 Å². The van der Waals surface area contributed by atoms with Crippen molar-refractivity contribution in [3.63, 3.8) is 0 Å². The minimum absolute atomic E-state index is 0.0970. The molecule has 220 valence electrons. The number of hydrogen-bond acceptors (Lipinski definition) is 4. The molecule has 0 heterocycles. The Kier molecular flexibility index (Phi) is 10.0. The maximum absolute atomic E-state index is 14.3.